The molecule has 0 atom stereocenters. The normalized spacial score (nSPS) is 11.6. The predicted octanol–water partition coefficient (Wildman–Crippen LogP) is 1.94. The van der Waals surface area contributed by atoms with E-state index < -0.39 is 18.3 Å². The maximum absolute atomic E-state index is 12.7. The first kappa shape index (κ1) is 12.4. The molecule has 3 nitrogen and oxygen atoms in total. The fourth-order valence-corrected chi connectivity index (χ4v) is 1.00. The molecule has 0 radical (unpaired) electrons. The number of amides is 1. The summed E-state index contributed by atoms with van der Waals surface area (Å²) in [6, 6.07) is 2.53. The SMILES string of the molecule is CN(C(=O)C(F)(F)C(F)F)c1ccncc1. The number of rotatable bonds is 3. The van der Waals surface area contributed by atoms with Gasteiger partial charge in [0.05, 0.1) is 0 Å². The lowest BCUT2D eigenvalue weighted by Gasteiger charge is -2.22. The van der Waals surface area contributed by atoms with Gasteiger partial charge in [0.2, 0.25) is 0 Å². The first-order valence-electron chi connectivity index (χ1n) is 4.21. The second-order valence-electron chi connectivity index (χ2n) is 2.99. The van der Waals surface area contributed by atoms with Crippen LogP contribution in [-0.4, -0.2) is 30.3 Å². The number of hydrogen-bond acceptors (Lipinski definition) is 2. The fourth-order valence-electron chi connectivity index (χ4n) is 1.00. The van der Waals surface area contributed by atoms with Crippen LogP contribution in [0.3, 0.4) is 0 Å². The highest BCUT2D eigenvalue weighted by Gasteiger charge is 2.50. The van der Waals surface area contributed by atoms with E-state index in [0.717, 1.165) is 7.05 Å². The van der Waals surface area contributed by atoms with Crippen molar-refractivity contribution in [2.24, 2.45) is 0 Å². The van der Waals surface area contributed by atoms with Crippen LogP contribution in [0.1, 0.15) is 0 Å². The minimum atomic E-state index is -4.68. The molecule has 0 saturated carbocycles. The van der Waals surface area contributed by atoms with Gasteiger partial charge in [0.1, 0.15) is 0 Å². The fraction of sp³-hybridized carbons (Fsp3) is 0.333. The van der Waals surface area contributed by atoms with Crippen LogP contribution in [0, 0.1) is 0 Å². The molecule has 16 heavy (non-hydrogen) atoms. The highest BCUT2D eigenvalue weighted by molar-refractivity contribution is 5.98. The average molecular weight is 236 g/mol. The highest BCUT2D eigenvalue weighted by atomic mass is 19.3. The number of aromatic nitrogens is 1. The van der Waals surface area contributed by atoms with E-state index in [0.29, 0.717) is 4.90 Å². The molecule has 88 valence electrons. The van der Waals surface area contributed by atoms with Crippen LogP contribution in [0.4, 0.5) is 23.2 Å². The van der Waals surface area contributed by atoms with Gasteiger partial charge < -0.3 is 4.90 Å². The van der Waals surface area contributed by atoms with Gasteiger partial charge in [0.25, 0.3) is 0 Å². The van der Waals surface area contributed by atoms with Crippen LogP contribution in [-0.2, 0) is 4.79 Å². The molecule has 1 aromatic rings. The molecule has 0 aliphatic carbocycles. The molecule has 0 aliphatic rings. The molecule has 0 N–H and O–H groups in total. The Kier molecular flexibility index (Phi) is 3.46. The lowest BCUT2D eigenvalue weighted by molar-refractivity contribution is -0.166. The Balaban J connectivity index is 2.91. The van der Waals surface area contributed by atoms with Crippen molar-refractivity contribution >= 4 is 11.6 Å². The van der Waals surface area contributed by atoms with Crippen molar-refractivity contribution < 1.29 is 22.4 Å². The Morgan fingerprint density at radius 3 is 2.31 bits per heavy atom. The standard InChI is InChI=1S/C9H8F4N2O/c1-15(6-2-4-14-5-3-6)8(16)9(12,13)7(10)11/h2-5,7H,1H3. The molecule has 7 heteroatoms. The third-order valence-electron chi connectivity index (χ3n) is 1.91. The minimum Gasteiger partial charge on any atom is -0.310 e. The van der Waals surface area contributed by atoms with Crippen molar-refractivity contribution in [3.05, 3.63) is 24.5 Å². The van der Waals surface area contributed by atoms with Gasteiger partial charge in [-0.15, -0.1) is 0 Å². The minimum absolute atomic E-state index is 0.0697. The Labute approximate surface area is 88.7 Å². The van der Waals surface area contributed by atoms with Crippen LogP contribution in [0.25, 0.3) is 0 Å². The van der Waals surface area contributed by atoms with Gasteiger partial charge in [0.15, 0.2) is 0 Å². The van der Waals surface area contributed by atoms with Crippen LogP contribution in [0.15, 0.2) is 24.5 Å². The summed E-state index contributed by atoms with van der Waals surface area (Å²) in [5.41, 5.74) is 0.0697. The smallest absolute Gasteiger partial charge is 0.310 e. The van der Waals surface area contributed by atoms with Gasteiger partial charge >= 0.3 is 18.3 Å². The van der Waals surface area contributed by atoms with Crippen molar-refractivity contribution in [3.8, 4) is 0 Å². The molecule has 0 fully saturated rings. The number of halogens is 4. The zero-order valence-electron chi connectivity index (χ0n) is 8.20. The van der Waals surface area contributed by atoms with Gasteiger partial charge in [-0.05, 0) is 12.1 Å². The average Bonchev–Trinajstić information content (AvgIpc) is 2.28. The molecule has 0 bridgehead atoms. The Hall–Kier alpha value is -1.66. The number of carbonyl (C=O) groups is 1. The molecule has 1 aromatic heterocycles. The Bertz CT molecular complexity index is 369. The number of hydrogen-bond donors (Lipinski definition) is 0. The lowest BCUT2D eigenvalue weighted by Crippen LogP contribution is -2.46. The summed E-state index contributed by atoms with van der Waals surface area (Å²) >= 11 is 0. The number of alkyl halides is 4. The van der Waals surface area contributed by atoms with E-state index in [-0.39, 0.29) is 5.69 Å². The maximum Gasteiger partial charge on any atom is 0.384 e. The zero-order valence-corrected chi connectivity index (χ0v) is 8.20. The van der Waals surface area contributed by atoms with Gasteiger partial charge in [-0.2, -0.15) is 8.78 Å². The molecule has 1 amide bonds. The zero-order chi connectivity index (χ0) is 12.3. The summed E-state index contributed by atoms with van der Waals surface area (Å²) in [6.07, 6.45) is -1.50. The lowest BCUT2D eigenvalue weighted by atomic mass is 10.2. The van der Waals surface area contributed by atoms with Crippen LogP contribution in [0.2, 0.25) is 0 Å². The largest absolute Gasteiger partial charge is 0.384 e. The van der Waals surface area contributed by atoms with E-state index >= 15 is 0 Å². The van der Waals surface area contributed by atoms with Crippen molar-refractivity contribution in [1.29, 1.82) is 0 Å². The van der Waals surface area contributed by atoms with E-state index in [4.69, 9.17) is 0 Å². The van der Waals surface area contributed by atoms with Gasteiger partial charge in [0, 0.05) is 25.1 Å². The first-order chi connectivity index (χ1) is 7.37. The van der Waals surface area contributed by atoms with Crippen molar-refractivity contribution in [2.75, 3.05) is 11.9 Å². The molecular weight excluding hydrogens is 228 g/mol. The predicted molar refractivity (Wildman–Crippen MR) is 48.6 cm³/mol. The summed E-state index contributed by atoms with van der Waals surface area (Å²) in [4.78, 5) is 15.2. The molecule has 1 rings (SSSR count). The number of anilines is 1. The number of pyridine rings is 1. The van der Waals surface area contributed by atoms with Crippen LogP contribution in [0.5, 0.6) is 0 Å². The van der Waals surface area contributed by atoms with Crippen molar-refractivity contribution in [1.82, 2.24) is 4.98 Å². The van der Waals surface area contributed by atoms with E-state index in [9.17, 15) is 22.4 Å². The maximum atomic E-state index is 12.7. The highest BCUT2D eigenvalue weighted by Crippen LogP contribution is 2.26. The topological polar surface area (TPSA) is 33.2 Å². The molecule has 0 saturated heterocycles. The molecular formula is C9H8F4N2O. The van der Waals surface area contributed by atoms with Crippen molar-refractivity contribution in [3.63, 3.8) is 0 Å². The summed E-state index contributed by atoms with van der Waals surface area (Å²) in [5.74, 6) is -6.63. The molecule has 1 heterocycles. The van der Waals surface area contributed by atoms with E-state index in [2.05, 4.69) is 4.98 Å². The third-order valence-corrected chi connectivity index (χ3v) is 1.91. The van der Waals surface area contributed by atoms with Gasteiger partial charge in [-0.25, -0.2) is 8.78 Å². The Morgan fingerprint density at radius 1 is 1.38 bits per heavy atom. The van der Waals surface area contributed by atoms with E-state index in [1.807, 2.05) is 0 Å². The molecule has 0 spiro atoms. The van der Waals surface area contributed by atoms with Crippen LogP contribution < -0.4 is 4.90 Å². The Morgan fingerprint density at radius 2 is 1.88 bits per heavy atom. The first-order valence-corrected chi connectivity index (χ1v) is 4.21. The second-order valence-corrected chi connectivity index (χ2v) is 2.99. The molecule has 0 aromatic carbocycles. The van der Waals surface area contributed by atoms with Crippen molar-refractivity contribution in [2.45, 2.75) is 12.3 Å². The van der Waals surface area contributed by atoms with E-state index in [1.165, 1.54) is 24.5 Å². The summed E-state index contributed by atoms with van der Waals surface area (Å²) in [6.45, 7) is 0. The quantitative estimate of drug-likeness (QED) is 0.751. The van der Waals surface area contributed by atoms with E-state index in [1.54, 1.807) is 0 Å². The summed E-state index contributed by atoms with van der Waals surface area (Å²) < 4.78 is 49.3. The molecule has 0 unspecified atom stereocenters. The summed E-state index contributed by atoms with van der Waals surface area (Å²) in [7, 11) is 0.994. The monoisotopic (exact) mass is 236 g/mol. The summed E-state index contributed by atoms with van der Waals surface area (Å²) in [5, 5.41) is 0. The molecule has 0 aliphatic heterocycles. The second kappa shape index (κ2) is 4.46. The third kappa shape index (κ3) is 2.29. The van der Waals surface area contributed by atoms with Gasteiger partial charge in [-0.3, -0.25) is 9.78 Å². The number of nitrogens with zero attached hydrogens (tertiary/aromatic N) is 2. The number of carbonyl (C=O) groups excluding carboxylic acids is 1. The van der Waals surface area contributed by atoms with Crippen LogP contribution >= 0.6 is 0 Å². The van der Waals surface area contributed by atoms with Gasteiger partial charge in [-0.1, -0.05) is 0 Å².